The van der Waals surface area contributed by atoms with Crippen LogP contribution in [0, 0.1) is 13.8 Å². The number of aryl methyl sites for hydroxylation is 1. The van der Waals surface area contributed by atoms with Crippen LogP contribution >= 0.6 is 11.8 Å². The van der Waals surface area contributed by atoms with Gasteiger partial charge >= 0.3 is 0 Å². The highest BCUT2D eigenvalue weighted by Gasteiger charge is 2.08. The molecule has 1 atom stereocenters. The molecule has 0 amide bonds. The molecular formula is C16H19NO2S. The first-order valence-corrected chi connectivity index (χ1v) is 7.56. The van der Waals surface area contributed by atoms with Crippen molar-refractivity contribution in [3.8, 4) is 5.75 Å². The number of hydrogen-bond acceptors (Lipinski definition) is 4. The summed E-state index contributed by atoms with van der Waals surface area (Å²) in [6, 6.07) is 11.7. The first-order chi connectivity index (χ1) is 9.66. The number of ether oxygens (including phenoxy) is 1. The van der Waals surface area contributed by atoms with Crippen LogP contribution in [-0.2, 0) is 0 Å². The Labute approximate surface area is 124 Å². The number of hydrogen-bond donors (Lipinski definition) is 1. The molecule has 1 heterocycles. The van der Waals surface area contributed by atoms with Crippen molar-refractivity contribution in [2.24, 2.45) is 0 Å². The predicted octanol–water partition coefficient (Wildman–Crippen LogP) is 3.23. The first-order valence-electron chi connectivity index (χ1n) is 6.57. The van der Waals surface area contributed by atoms with Crippen LogP contribution in [0.25, 0.3) is 0 Å². The molecular weight excluding hydrogens is 270 g/mol. The Hall–Kier alpha value is -1.52. The zero-order valence-corrected chi connectivity index (χ0v) is 12.6. The second-order valence-electron chi connectivity index (χ2n) is 4.64. The fourth-order valence-electron chi connectivity index (χ4n) is 1.73. The van der Waals surface area contributed by atoms with Gasteiger partial charge < -0.3 is 9.84 Å². The molecule has 0 radical (unpaired) electrons. The van der Waals surface area contributed by atoms with E-state index >= 15 is 0 Å². The second kappa shape index (κ2) is 7.31. The fourth-order valence-corrected chi connectivity index (χ4v) is 2.50. The maximum atomic E-state index is 9.96. The van der Waals surface area contributed by atoms with Crippen molar-refractivity contribution in [2.45, 2.75) is 25.0 Å². The van der Waals surface area contributed by atoms with Gasteiger partial charge in [0.15, 0.2) is 0 Å². The molecule has 1 N–H and O–H groups in total. The van der Waals surface area contributed by atoms with E-state index in [2.05, 4.69) is 18.0 Å². The molecule has 1 aromatic heterocycles. The summed E-state index contributed by atoms with van der Waals surface area (Å²) in [6.07, 6.45) is 1.24. The summed E-state index contributed by atoms with van der Waals surface area (Å²) in [5, 5.41) is 10.9. The van der Waals surface area contributed by atoms with Gasteiger partial charge in [-0.05, 0) is 43.2 Å². The Morgan fingerprint density at radius 3 is 2.80 bits per heavy atom. The van der Waals surface area contributed by atoms with Crippen molar-refractivity contribution in [3.63, 3.8) is 0 Å². The Morgan fingerprint density at radius 1 is 1.20 bits per heavy atom. The van der Waals surface area contributed by atoms with E-state index in [1.54, 1.807) is 6.20 Å². The topological polar surface area (TPSA) is 42.4 Å². The van der Waals surface area contributed by atoms with Gasteiger partial charge in [-0.1, -0.05) is 18.2 Å². The van der Waals surface area contributed by atoms with E-state index in [0.717, 1.165) is 16.3 Å². The van der Waals surface area contributed by atoms with Crippen LogP contribution in [0.15, 0.2) is 47.6 Å². The lowest BCUT2D eigenvalue weighted by Gasteiger charge is -2.14. The molecule has 2 aromatic rings. The van der Waals surface area contributed by atoms with Crippen molar-refractivity contribution in [3.05, 3.63) is 53.7 Å². The average molecular weight is 289 g/mol. The number of rotatable bonds is 6. The molecule has 0 spiro atoms. The lowest BCUT2D eigenvalue weighted by molar-refractivity contribution is 0.126. The van der Waals surface area contributed by atoms with E-state index in [0.29, 0.717) is 12.4 Å². The average Bonchev–Trinajstić information content (AvgIpc) is 2.48. The fraction of sp³-hybridized carbons (Fsp3) is 0.312. The van der Waals surface area contributed by atoms with Crippen molar-refractivity contribution >= 4 is 11.8 Å². The smallest absolute Gasteiger partial charge is 0.122 e. The number of nitrogens with zero attached hydrogens (tertiary/aromatic N) is 1. The number of aromatic nitrogens is 1. The summed E-state index contributed by atoms with van der Waals surface area (Å²) in [6.45, 7) is 4.37. The summed E-state index contributed by atoms with van der Waals surface area (Å²) < 4.78 is 5.68. The summed E-state index contributed by atoms with van der Waals surface area (Å²) in [4.78, 5) is 4.21. The normalized spacial score (nSPS) is 12.2. The highest BCUT2D eigenvalue weighted by molar-refractivity contribution is 7.99. The van der Waals surface area contributed by atoms with Crippen molar-refractivity contribution in [1.82, 2.24) is 4.98 Å². The van der Waals surface area contributed by atoms with Gasteiger partial charge in [0.1, 0.15) is 12.4 Å². The molecule has 1 unspecified atom stereocenters. The van der Waals surface area contributed by atoms with Gasteiger partial charge in [-0.3, -0.25) is 0 Å². The van der Waals surface area contributed by atoms with E-state index in [1.807, 2.05) is 37.3 Å². The predicted molar refractivity (Wildman–Crippen MR) is 82.4 cm³/mol. The minimum atomic E-state index is -0.512. The molecule has 4 heteroatoms. The Bertz CT molecular complexity index is 545. The third-order valence-corrected chi connectivity index (χ3v) is 4.14. The van der Waals surface area contributed by atoms with Crippen LogP contribution in [0.3, 0.4) is 0 Å². The van der Waals surface area contributed by atoms with Gasteiger partial charge in [-0.25, -0.2) is 4.98 Å². The molecule has 2 rings (SSSR count). The van der Waals surface area contributed by atoms with Crippen LogP contribution < -0.4 is 4.74 Å². The SMILES string of the molecule is Cc1cccc(OCC(O)CSc2ccccn2)c1C. The van der Waals surface area contributed by atoms with E-state index in [4.69, 9.17) is 4.74 Å². The lowest BCUT2D eigenvalue weighted by atomic mass is 10.1. The third-order valence-electron chi connectivity index (χ3n) is 3.05. The highest BCUT2D eigenvalue weighted by atomic mass is 32.2. The van der Waals surface area contributed by atoms with Gasteiger partial charge in [0.2, 0.25) is 0 Å². The molecule has 0 aliphatic carbocycles. The van der Waals surface area contributed by atoms with Gasteiger partial charge in [0, 0.05) is 11.9 Å². The Balaban J connectivity index is 1.80. The molecule has 20 heavy (non-hydrogen) atoms. The molecule has 0 aliphatic heterocycles. The Morgan fingerprint density at radius 2 is 2.05 bits per heavy atom. The minimum absolute atomic E-state index is 0.296. The third kappa shape index (κ3) is 4.25. The molecule has 0 saturated carbocycles. The number of thioether (sulfide) groups is 1. The van der Waals surface area contributed by atoms with Gasteiger partial charge in [-0.2, -0.15) is 0 Å². The molecule has 106 valence electrons. The van der Waals surface area contributed by atoms with Crippen LogP contribution in [0.1, 0.15) is 11.1 Å². The lowest BCUT2D eigenvalue weighted by Crippen LogP contribution is -2.20. The molecule has 0 fully saturated rings. The van der Waals surface area contributed by atoms with Gasteiger partial charge in [0.25, 0.3) is 0 Å². The summed E-state index contributed by atoms with van der Waals surface area (Å²) in [7, 11) is 0. The monoisotopic (exact) mass is 289 g/mol. The molecule has 3 nitrogen and oxygen atoms in total. The van der Waals surface area contributed by atoms with E-state index in [1.165, 1.54) is 17.3 Å². The Kier molecular flexibility index (Phi) is 5.44. The van der Waals surface area contributed by atoms with Crippen LogP contribution in [-0.4, -0.2) is 28.6 Å². The zero-order valence-electron chi connectivity index (χ0n) is 11.7. The maximum Gasteiger partial charge on any atom is 0.122 e. The van der Waals surface area contributed by atoms with Gasteiger partial charge in [0.05, 0.1) is 11.1 Å². The minimum Gasteiger partial charge on any atom is -0.491 e. The number of benzene rings is 1. The standard InChI is InChI=1S/C16H19NO2S/c1-12-6-5-7-15(13(12)2)19-10-14(18)11-20-16-8-3-4-9-17-16/h3-9,14,18H,10-11H2,1-2H3. The molecule has 0 bridgehead atoms. The van der Waals surface area contributed by atoms with E-state index in [9.17, 15) is 5.11 Å². The van der Waals surface area contributed by atoms with Crippen LogP contribution in [0.5, 0.6) is 5.75 Å². The van der Waals surface area contributed by atoms with E-state index in [-0.39, 0.29) is 0 Å². The maximum absolute atomic E-state index is 9.96. The number of pyridine rings is 1. The van der Waals surface area contributed by atoms with Crippen LogP contribution in [0.4, 0.5) is 0 Å². The van der Waals surface area contributed by atoms with Gasteiger partial charge in [-0.15, -0.1) is 11.8 Å². The largest absolute Gasteiger partial charge is 0.491 e. The summed E-state index contributed by atoms with van der Waals surface area (Å²) >= 11 is 1.53. The zero-order chi connectivity index (χ0) is 14.4. The highest BCUT2D eigenvalue weighted by Crippen LogP contribution is 2.21. The van der Waals surface area contributed by atoms with Crippen LogP contribution in [0.2, 0.25) is 0 Å². The van der Waals surface area contributed by atoms with Crippen molar-refractivity contribution in [1.29, 1.82) is 0 Å². The van der Waals surface area contributed by atoms with Crippen molar-refractivity contribution < 1.29 is 9.84 Å². The van der Waals surface area contributed by atoms with E-state index < -0.39 is 6.10 Å². The molecule has 1 aromatic carbocycles. The van der Waals surface area contributed by atoms with Crippen molar-refractivity contribution in [2.75, 3.05) is 12.4 Å². The summed E-state index contributed by atoms with van der Waals surface area (Å²) in [5.41, 5.74) is 2.32. The molecule has 0 saturated heterocycles. The number of aliphatic hydroxyl groups excluding tert-OH is 1. The quantitative estimate of drug-likeness (QED) is 0.829. The molecule has 0 aliphatic rings. The second-order valence-corrected chi connectivity index (χ2v) is 5.68. The first kappa shape index (κ1) is 14.9. The summed E-state index contributed by atoms with van der Waals surface area (Å²) in [5.74, 6) is 1.41. The number of aliphatic hydroxyl groups is 1.